The first-order chi connectivity index (χ1) is 15.3. The molecule has 11 heteroatoms. The van der Waals surface area contributed by atoms with Crippen LogP contribution in [0, 0.1) is 12.7 Å². The number of nitrogens with one attached hydrogen (secondary N) is 1. The number of sulfonamides is 1. The molecular weight excluding hydrogens is 475 g/mol. The van der Waals surface area contributed by atoms with Crippen molar-refractivity contribution in [3.05, 3.63) is 68.9 Å². The Morgan fingerprint density at radius 3 is 2.81 bits per heavy atom. The third kappa shape index (κ3) is 4.68. The maximum atomic E-state index is 13.3. The van der Waals surface area contributed by atoms with Crippen LogP contribution in [-0.2, 0) is 10.0 Å². The topological polar surface area (TPSA) is 92.3 Å². The summed E-state index contributed by atoms with van der Waals surface area (Å²) in [6, 6.07) is 10.4. The number of benzene rings is 2. The van der Waals surface area contributed by atoms with E-state index in [9.17, 15) is 17.6 Å². The zero-order valence-electron chi connectivity index (χ0n) is 17.1. The van der Waals surface area contributed by atoms with Crippen LogP contribution >= 0.6 is 22.9 Å². The van der Waals surface area contributed by atoms with Crippen molar-refractivity contribution in [3.8, 4) is 0 Å². The fourth-order valence-electron chi connectivity index (χ4n) is 3.61. The summed E-state index contributed by atoms with van der Waals surface area (Å²) in [6.07, 6.45) is 1.40. The molecule has 4 rings (SSSR count). The monoisotopic (exact) mass is 494 g/mol. The van der Waals surface area contributed by atoms with Crippen molar-refractivity contribution in [2.45, 2.75) is 30.6 Å². The number of hydrogen-bond donors (Lipinski definition) is 1. The Balaban J connectivity index is 1.50. The van der Waals surface area contributed by atoms with Crippen molar-refractivity contribution in [1.82, 2.24) is 14.5 Å². The van der Waals surface area contributed by atoms with Crippen molar-refractivity contribution in [2.75, 3.05) is 18.4 Å². The van der Waals surface area contributed by atoms with Crippen LogP contribution in [0.3, 0.4) is 0 Å². The Morgan fingerprint density at radius 2 is 2.03 bits per heavy atom. The molecular formula is C21H20ClFN4O3S2. The van der Waals surface area contributed by atoms with Gasteiger partial charge in [-0.15, -0.1) is 10.2 Å². The van der Waals surface area contributed by atoms with Crippen LogP contribution in [0.1, 0.15) is 39.1 Å². The van der Waals surface area contributed by atoms with Crippen LogP contribution in [-0.4, -0.2) is 41.9 Å². The van der Waals surface area contributed by atoms with Gasteiger partial charge in [0.15, 0.2) is 0 Å². The van der Waals surface area contributed by atoms with Crippen LogP contribution < -0.4 is 5.32 Å². The summed E-state index contributed by atoms with van der Waals surface area (Å²) in [7, 11) is -3.72. The molecule has 0 radical (unpaired) electrons. The van der Waals surface area contributed by atoms with E-state index in [2.05, 4.69) is 15.5 Å². The predicted molar refractivity (Wildman–Crippen MR) is 121 cm³/mol. The molecule has 1 aromatic heterocycles. The van der Waals surface area contributed by atoms with Gasteiger partial charge in [-0.3, -0.25) is 4.79 Å². The summed E-state index contributed by atoms with van der Waals surface area (Å²) in [6.45, 7) is 2.33. The minimum Gasteiger partial charge on any atom is -0.320 e. The van der Waals surface area contributed by atoms with E-state index in [0.717, 1.165) is 17.8 Å². The predicted octanol–water partition coefficient (Wildman–Crippen LogP) is 4.46. The lowest BCUT2D eigenvalue weighted by atomic mass is 10.0. The van der Waals surface area contributed by atoms with Gasteiger partial charge in [-0.1, -0.05) is 35.1 Å². The highest BCUT2D eigenvalue weighted by Crippen LogP contribution is 2.33. The van der Waals surface area contributed by atoms with Crippen LogP contribution in [0.15, 0.2) is 47.4 Å². The molecule has 0 aliphatic carbocycles. The van der Waals surface area contributed by atoms with Gasteiger partial charge in [0.2, 0.25) is 15.0 Å². The number of piperidine rings is 1. The molecule has 32 heavy (non-hydrogen) atoms. The van der Waals surface area contributed by atoms with Gasteiger partial charge in [-0.25, -0.2) is 12.8 Å². The lowest BCUT2D eigenvalue weighted by molar-refractivity contribution is 0.102. The van der Waals surface area contributed by atoms with Gasteiger partial charge < -0.3 is 5.32 Å². The third-order valence-electron chi connectivity index (χ3n) is 5.29. The maximum absolute atomic E-state index is 13.3. The second-order valence-electron chi connectivity index (χ2n) is 7.48. The number of halogens is 2. The standard InChI is InChI=1S/C21H20ClFN4O3S2/c1-13-17(22)8-3-9-18(13)32(29,30)27-10-4-5-14(12-27)20-25-26-21(31-20)19(28)24-16-7-2-6-15(23)11-16/h2-3,6-9,11,14H,4-5,10,12H2,1H3,(H,24,28). The summed E-state index contributed by atoms with van der Waals surface area (Å²) in [5.74, 6) is -1.13. The molecule has 1 unspecified atom stereocenters. The number of nitrogens with zero attached hydrogens (tertiary/aromatic N) is 3. The zero-order chi connectivity index (χ0) is 22.9. The van der Waals surface area contributed by atoms with Gasteiger partial charge in [0, 0.05) is 29.7 Å². The van der Waals surface area contributed by atoms with Crippen LogP contribution in [0.2, 0.25) is 5.02 Å². The highest BCUT2D eigenvalue weighted by molar-refractivity contribution is 7.89. The van der Waals surface area contributed by atoms with Gasteiger partial charge in [-0.05, 0) is 55.7 Å². The number of aromatic nitrogens is 2. The molecule has 0 spiro atoms. The Hall–Kier alpha value is -2.40. The van der Waals surface area contributed by atoms with Gasteiger partial charge in [0.25, 0.3) is 5.91 Å². The fraction of sp³-hybridized carbons (Fsp3) is 0.286. The SMILES string of the molecule is Cc1c(Cl)cccc1S(=O)(=O)N1CCCC(c2nnc(C(=O)Nc3cccc(F)c3)s2)C1. The smallest absolute Gasteiger partial charge is 0.286 e. The molecule has 0 bridgehead atoms. The van der Waals surface area contributed by atoms with E-state index in [-0.39, 0.29) is 22.4 Å². The van der Waals surface area contributed by atoms with Crippen LogP contribution in [0.25, 0.3) is 0 Å². The highest BCUT2D eigenvalue weighted by atomic mass is 35.5. The van der Waals surface area contributed by atoms with E-state index in [4.69, 9.17) is 11.6 Å². The minimum absolute atomic E-state index is 0.134. The number of anilines is 1. The Bertz CT molecular complexity index is 1270. The molecule has 0 saturated carbocycles. The van der Waals surface area contributed by atoms with Crippen LogP contribution in [0.5, 0.6) is 0 Å². The minimum atomic E-state index is -3.72. The molecule has 1 N–H and O–H groups in total. The number of hydrogen-bond acceptors (Lipinski definition) is 6. The molecule has 2 aromatic carbocycles. The normalized spacial score (nSPS) is 17.3. The molecule has 1 aliphatic heterocycles. The van der Waals surface area contributed by atoms with E-state index in [1.807, 2.05) is 0 Å². The van der Waals surface area contributed by atoms with Gasteiger partial charge in [0.1, 0.15) is 10.8 Å². The fourth-order valence-corrected chi connectivity index (χ4v) is 6.48. The molecule has 1 fully saturated rings. The summed E-state index contributed by atoms with van der Waals surface area (Å²) >= 11 is 7.24. The number of carbonyl (C=O) groups is 1. The molecule has 1 aliphatic rings. The molecule has 1 amide bonds. The number of rotatable bonds is 5. The average molecular weight is 495 g/mol. The van der Waals surface area contributed by atoms with Crippen molar-refractivity contribution in [3.63, 3.8) is 0 Å². The summed E-state index contributed by atoms with van der Waals surface area (Å²) in [5.41, 5.74) is 0.835. The highest BCUT2D eigenvalue weighted by Gasteiger charge is 2.33. The maximum Gasteiger partial charge on any atom is 0.286 e. The van der Waals surface area contributed by atoms with Crippen molar-refractivity contribution >= 4 is 44.6 Å². The van der Waals surface area contributed by atoms with E-state index in [1.165, 1.54) is 22.5 Å². The summed E-state index contributed by atoms with van der Waals surface area (Å²) < 4.78 is 41.2. The first kappa shape index (κ1) is 22.8. The number of carbonyl (C=O) groups excluding carboxylic acids is 1. The van der Waals surface area contributed by atoms with E-state index in [0.29, 0.717) is 34.2 Å². The van der Waals surface area contributed by atoms with Crippen molar-refractivity contribution < 1.29 is 17.6 Å². The zero-order valence-corrected chi connectivity index (χ0v) is 19.5. The van der Waals surface area contributed by atoms with Crippen molar-refractivity contribution in [1.29, 1.82) is 0 Å². The van der Waals surface area contributed by atoms with E-state index < -0.39 is 21.7 Å². The second kappa shape index (κ2) is 9.22. The quantitative estimate of drug-likeness (QED) is 0.565. The molecule has 1 atom stereocenters. The Labute approximate surface area is 194 Å². The molecule has 7 nitrogen and oxygen atoms in total. The van der Waals surface area contributed by atoms with Gasteiger partial charge in [-0.2, -0.15) is 4.31 Å². The molecule has 1 saturated heterocycles. The third-order valence-corrected chi connectivity index (χ3v) is 8.79. The summed E-state index contributed by atoms with van der Waals surface area (Å²) in [4.78, 5) is 12.6. The Morgan fingerprint density at radius 1 is 1.25 bits per heavy atom. The molecule has 168 valence electrons. The lowest BCUT2D eigenvalue weighted by Gasteiger charge is -2.31. The molecule has 3 aromatic rings. The first-order valence-electron chi connectivity index (χ1n) is 9.91. The average Bonchev–Trinajstić information content (AvgIpc) is 3.26. The largest absolute Gasteiger partial charge is 0.320 e. The second-order valence-corrected chi connectivity index (χ2v) is 10.8. The first-order valence-corrected chi connectivity index (χ1v) is 12.5. The van der Waals surface area contributed by atoms with Gasteiger partial charge >= 0.3 is 0 Å². The molecule has 2 heterocycles. The van der Waals surface area contributed by atoms with Gasteiger partial charge in [0.05, 0.1) is 4.90 Å². The van der Waals surface area contributed by atoms with Crippen LogP contribution in [0.4, 0.5) is 10.1 Å². The van der Waals surface area contributed by atoms with Crippen molar-refractivity contribution in [2.24, 2.45) is 0 Å². The van der Waals surface area contributed by atoms with E-state index in [1.54, 1.807) is 31.2 Å². The lowest BCUT2D eigenvalue weighted by Crippen LogP contribution is -2.39. The summed E-state index contributed by atoms with van der Waals surface area (Å²) in [5, 5.41) is 11.8. The van der Waals surface area contributed by atoms with E-state index >= 15 is 0 Å². The Kier molecular flexibility index (Phi) is 6.57. The number of amides is 1.